The molecule has 2 heterocycles. The van der Waals surface area contributed by atoms with Crippen LogP contribution in [-0.2, 0) is 6.42 Å². The van der Waals surface area contributed by atoms with Gasteiger partial charge in [-0.25, -0.2) is 0 Å². The third kappa shape index (κ3) is 2.28. The lowest BCUT2D eigenvalue weighted by atomic mass is 9.92. The van der Waals surface area contributed by atoms with Crippen LogP contribution in [0.1, 0.15) is 44.1 Å². The van der Waals surface area contributed by atoms with E-state index in [-0.39, 0.29) is 5.79 Å². The summed E-state index contributed by atoms with van der Waals surface area (Å²) < 4.78 is 12.2. The van der Waals surface area contributed by atoms with Crippen molar-refractivity contribution in [1.82, 2.24) is 5.32 Å². The highest BCUT2D eigenvalue weighted by Gasteiger charge is 2.44. The Morgan fingerprint density at radius 3 is 2.75 bits per heavy atom. The Morgan fingerprint density at radius 2 is 1.95 bits per heavy atom. The van der Waals surface area contributed by atoms with Crippen LogP contribution in [0.5, 0.6) is 11.5 Å². The largest absolute Gasteiger partial charge is 0.448 e. The minimum Gasteiger partial charge on any atom is -0.448 e. The van der Waals surface area contributed by atoms with Crippen molar-refractivity contribution < 1.29 is 9.47 Å². The summed E-state index contributed by atoms with van der Waals surface area (Å²) in [7, 11) is 0. The number of fused-ring (bicyclic) bond motifs is 1. The topological polar surface area (TPSA) is 30.5 Å². The quantitative estimate of drug-likeness (QED) is 0.897. The van der Waals surface area contributed by atoms with Crippen molar-refractivity contribution >= 4 is 0 Å². The predicted octanol–water partition coefficient (Wildman–Crippen LogP) is 3.27. The van der Waals surface area contributed by atoms with E-state index in [2.05, 4.69) is 23.5 Å². The summed E-state index contributed by atoms with van der Waals surface area (Å²) in [6, 6.07) is 6.52. The van der Waals surface area contributed by atoms with Crippen molar-refractivity contribution in [1.29, 1.82) is 0 Å². The van der Waals surface area contributed by atoms with E-state index < -0.39 is 0 Å². The van der Waals surface area contributed by atoms with Gasteiger partial charge in [0.2, 0.25) is 0 Å². The Kier molecular flexibility index (Phi) is 3.10. The number of rotatable bonds is 2. The molecule has 1 aromatic carbocycles. The second-order valence-corrected chi connectivity index (χ2v) is 6.52. The van der Waals surface area contributed by atoms with Crippen molar-refractivity contribution in [2.24, 2.45) is 5.92 Å². The van der Waals surface area contributed by atoms with E-state index in [0.29, 0.717) is 0 Å². The molecule has 20 heavy (non-hydrogen) atoms. The molecule has 1 atom stereocenters. The van der Waals surface area contributed by atoms with Gasteiger partial charge in [-0.1, -0.05) is 6.07 Å². The highest BCUT2D eigenvalue weighted by molar-refractivity contribution is 5.46. The molecule has 108 valence electrons. The highest BCUT2D eigenvalue weighted by Crippen LogP contribution is 2.46. The van der Waals surface area contributed by atoms with Gasteiger partial charge in [-0.2, -0.15) is 0 Å². The van der Waals surface area contributed by atoms with Gasteiger partial charge >= 0.3 is 0 Å². The average Bonchev–Trinajstić information content (AvgIpc) is 3.06. The first-order chi connectivity index (χ1) is 9.83. The Hall–Kier alpha value is -1.22. The molecule has 3 aliphatic rings. The van der Waals surface area contributed by atoms with Crippen molar-refractivity contribution in [3.8, 4) is 11.5 Å². The van der Waals surface area contributed by atoms with Crippen LogP contribution in [0.4, 0.5) is 0 Å². The molecule has 3 heteroatoms. The summed E-state index contributed by atoms with van der Waals surface area (Å²) in [6.45, 7) is 2.33. The fourth-order valence-electron chi connectivity index (χ4n) is 3.81. The molecule has 3 nitrogen and oxygen atoms in total. The summed E-state index contributed by atoms with van der Waals surface area (Å²) in [5.41, 5.74) is 1.39. The van der Waals surface area contributed by atoms with Crippen LogP contribution in [-0.4, -0.2) is 18.9 Å². The molecule has 1 aliphatic carbocycles. The molecule has 4 rings (SSSR count). The molecule has 2 aliphatic heterocycles. The Balaban J connectivity index is 1.48. The monoisotopic (exact) mass is 273 g/mol. The molecular weight excluding hydrogens is 250 g/mol. The van der Waals surface area contributed by atoms with E-state index in [9.17, 15) is 0 Å². The maximum atomic E-state index is 6.15. The van der Waals surface area contributed by atoms with Gasteiger partial charge in [-0.05, 0) is 68.8 Å². The van der Waals surface area contributed by atoms with Crippen molar-refractivity contribution in [3.63, 3.8) is 0 Å². The van der Waals surface area contributed by atoms with Gasteiger partial charge in [0.15, 0.2) is 11.5 Å². The first kappa shape index (κ1) is 12.5. The third-order valence-corrected chi connectivity index (χ3v) is 4.89. The summed E-state index contributed by atoms with van der Waals surface area (Å²) in [4.78, 5) is 0. The smallest absolute Gasteiger partial charge is 0.251 e. The molecule has 1 N–H and O–H groups in total. The molecule has 1 unspecified atom stereocenters. The van der Waals surface area contributed by atoms with Crippen molar-refractivity contribution in [2.75, 3.05) is 13.1 Å². The number of ether oxygens (including phenoxy) is 2. The van der Waals surface area contributed by atoms with Gasteiger partial charge in [-0.15, -0.1) is 0 Å². The summed E-state index contributed by atoms with van der Waals surface area (Å²) in [6.07, 6.45) is 8.29. The normalized spacial score (nSPS) is 27.1. The molecule has 0 amide bonds. The molecule has 2 fully saturated rings. The lowest BCUT2D eigenvalue weighted by Crippen LogP contribution is -2.34. The second-order valence-electron chi connectivity index (χ2n) is 6.52. The average molecular weight is 273 g/mol. The van der Waals surface area contributed by atoms with Crippen LogP contribution in [0.2, 0.25) is 0 Å². The molecule has 1 saturated heterocycles. The zero-order chi connectivity index (χ0) is 13.4. The Morgan fingerprint density at radius 1 is 1.10 bits per heavy atom. The van der Waals surface area contributed by atoms with E-state index in [4.69, 9.17) is 9.47 Å². The van der Waals surface area contributed by atoms with Gasteiger partial charge in [0.1, 0.15) is 0 Å². The van der Waals surface area contributed by atoms with Crippen LogP contribution in [0.3, 0.4) is 0 Å². The minimum absolute atomic E-state index is 0.326. The predicted molar refractivity (Wildman–Crippen MR) is 78.2 cm³/mol. The number of piperidine rings is 1. The van der Waals surface area contributed by atoms with Gasteiger partial charge in [-0.3, -0.25) is 0 Å². The highest BCUT2D eigenvalue weighted by atomic mass is 16.7. The molecule has 0 bridgehead atoms. The maximum absolute atomic E-state index is 6.15. The number of benzene rings is 1. The van der Waals surface area contributed by atoms with Crippen molar-refractivity contribution in [2.45, 2.75) is 50.7 Å². The van der Waals surface area contributed by atoms with E-state index in [1.807, 2.05) is 0 Å². The first-order valence-electron chi connectivity index (χ1n) is 8.05. The Bertz CT molecular complexity index is 488. The fourth-order valence-corrected chi connectivity index (χ4v) is 3.81. The van der Waals surface area contributed by atoms with Crippen LogP contribution >= 0.6 is 0 Å². The SMILES string of the molecule is c1cc2c(cc1CC1CCCNC1)OC1(CCCC1)O2. The molecule has 1 aromatic rings. The summed E-state index contributed by atoms with van der Waals surface area (Å²) >= 11 is 0. The van der Waals surface area contributed by atoms with E-state index in [1.165, 1.54) is 37.8 Å². The molecule has 1 spiro atoms. The lowest BCUT2D eigenvalue weighted by Gasteiger charge is -2.22. The standard InChI is InChI=1S/C17H23NO2/c1-2-8-17(7-1)19-15-6-5-13(11-16(15)20-17)10-14-4-3-9-18-12-14/h5-6,11,14,18H,1-4,7-10,12H2. The Labute approximate surface area is 120 Å². The van der Waals surface area contributed by atoms with Crippen molar-refractivity contribution in [3.05, 3.63) is 23.8 Å². The molecule has 0 aromatic heterocycles. The fraction of sp³-hybridized carbons (Fsp3) is 0.647. The lowest BCUT2D eigenvalue weighted by molar-refractivity contribution is -0.0716. The zero-order valence-corrected chi connectivity index (χ0v) is 12.0. The number of hydrogen-bond acceptors (Lipinski definition) is 3. The van der Waals surface area contributed by atoms with Crippen LogP contribution in [0, 0.1) is 5.92 Å². The van der Waals surface area contributed by atoms with Crippen LogP contribution in [0.25, 0.3) is 0 Å². The first-order valence-corrected chi connectivity index (χ1v) is 8.05. The van der Waals surface area contributed by atoms with E-state index in [1.54, 1.807) is 0 Å². The maximum Gasteiger partial charge on any atom is 0.251 e. The molecule has 1 saturated carbocycles. The van der Waals surface area contributed by atoms with E-state index in [0.717, 1.165) is 43.2 Å². The van der Waals surface area contributed by atoms with Gasteiger partial charge < -0.3 is 14.8 Å². The van der Waals surface area contributed by atoms with E-state index >= 15 is 0 Å². The number of hydrogen-bond donors (Lipinski definition) is 1. The zero-order valence-electron chi connectivity index (χ0n) is 12.0. The van der Waals surface area contributed by atoms with Gasteiger partial charge in [0.25, 0.3) is 5.79 Å². The summed E-state index contributed by atoms with van der Waals surface area (Å²) in [5, 5.41) is 3.49. The van der Waals surface area contributed by atoms with Crippen LogP contribution in [0.15, 0.2) is 18.2 Å². The molecular formula is C17H23NO2. The number of nitrogens with one attached hydrogen (secondary N) is 1. The van der Waals surface area contributed by atoms with Crippen LogP contribution < -0.4 is 14.8 Å². The van der Waals surface area contributed by atoms with Gasteiger partial charge in [0.05, 0.1) is 0 Å². The minimum atomic E-state index is -0.326. The second kappa shape index (κ2) is 4.96. The van der Waals surface area contributed by atoms with Gasteiger partial charge in [0, 0.05) is 12.8 Å². The molecule has 0 radical (unpaired) electrons. The third-order valence-electron chi connectivity index (χ3n) is 4.89. The summed E-state index contributed by atoms with van der Waals surface area (Å²) in [5.74, 6) is 2.35.